The molecule has 0 amide bonds. The summed E-state index contributed by atoms with van der Waals surface area (Å²) in [6, 6.07) is 7.97. The molecule has 45 heavy (non-hydrogen) atoms. The van der Waals surface area contributed by atoms with Gasteiger partial charge in [0.25, 0.3) is 11.1 Å². The van der Waals surface area contributed by atoms with E-state index in [1.165, 1.54) is 27.1 Å². The molecule has 0 unspecified atom stereocenters. The Morgan fingerprint density at radius 1 is 0.822 bits per heavy atom. The quantitative estimate of drug-likeness (QED) is 0.177. The van der Waals surface area contributed by atoms with Crippen LogP contribution in [0.15, 0.2) is 55.8 Å². The van der Waals surface area contributed by atoms with Crippen LogP contribution in [0.4, 0.5) is 0 Å². The molecule has 4 heterocycles. The van der Waals surface area contributed by atoms with Gasteiger partial charge in [-0.05, 0) is 24.0 Å². The van der Waals surface area contributed by atoms with Crippen molar-refractivity contribution in [1.29, 1.82) is 0 Å². The third kappa shape index (κ3) is 8.12. The van der Waals surface area contributed by atoms with E-state index in [0.29, 0.717) is 18.1 Å². The number of aliphatic hydroxyl groups is 4. The Balaban J connectivity index is 0.000000231. The second-order valence-electron chi connectivity index (χ2n) is 11.4. The summed E-state index contributed by atoms with van der Waals surface area (Å²) in [5.41, 5.74) is 0.729. The number of benzene rings is 1. The van der Waals surface area contributed by atoms with Crippen LogP contribution in [0.5, 0.6) is 0 Å². The van der Waals surface area contributed by atoms with Gasteiger partial charge in [-0.15, -0.1) is 0 Å². The fourth-order valence-electron chi connectivity index (χ4n) is 5.24. The molecule has 2 aliphatic rings. The zero-order valence-electron chi connectivity index (χ0n) is 25.3. The summed E-state index contributed by atoms with van der Waals surface area (Å²) in [4.78, 5) is 51.4. The molecule has 2 aromatic heterocycles. The smallest absolute Gasteiger partial charge is 0.330 e. The molecule has 6 N–H and O–H groups in total. The molecule has 0 radical (unpaired) electrons. The van der Waals surface area contributed by atoms with Gasteiger partial charge in [0.15, 0.2) is 0 Å². The highest BCUT2D eigenvalue weighted by molar-refractivity contribution is 5.29. The van der Waals surface area contributed by atoms with Gasteiger partial charge in [0, 0.05) is 30.8 Å². The van der Waals surface area contributed by atoms with Crippen molar-refractivity contribution >= 4 is 0 Å². The maximum absolute atomic E-state index is 12.1. The van der Waals surface area contributed by atoms with Crippen LogP contribution in [0, 0.1) is 6.92 Å². The highest BCUT2D eigenvalue weighted by Gasteiger charge is 2.36. The first kappa shape index (κ1) is 34.2. The van der Waals surface area contributed by atoms with E-state index in [1.807, 2.05) is 18.2 Å². The van der Waals surface area contributed by atoms with E-state index in [-0.39, 0.29) is 38.2 Å². The van der Waals surface area contributed by atoms with E-state index in [4.69, 9.17) is 19.3 Å². The SMILES string of the molecule is CC(C)c1ccccc1COCc1cn([C@H]2C[C@@H](O)[C@@H](CO)O2)c(=O)[nH]c1=O.Cc1cn([C@H]2C[C@@H](O)[C@@H](CO)O2)c(=O)[nH]c1=O. The molecule has 1 aromatic carbocycles. The van der Waals surface area contributed by atoms with Crippen LogP contribution in [0.25, 0.3) is 0 Å². The van der Waals surface area contributed by atoms with Gasteiger partial charge in [-0.1, -0.05) is 38.1 Å². The van der Waals surface area contributed by atoms with Crippen LogP contribution in [0.1, 0.15) is 67.3 Å². The number of rotatable bonds is 9. The number of aryl methyl sites for hydroxylation is 1. The molecular weight excluding hydrogens is 592 g/mol. The first-order chi connectivity index (χ1) is 21.4. The molecule has 3 aromatic rings. The number of H-pyrrole nitrogens is 2. The van der Waals surface area contributed by atoms with E-state index < -0.39 is 59.4 Å². The highest BCUT2D eigenvalue weighted by Crippen LogP contribution is 2.28. The number of nitrogens with zero attached hydrogens (tertiary/aromatic N) is 2. The minimum Gasteiger partial charge on any atom is -0.394 e. The summed E-state index contributed by atoms with van der Waals surface area (Å²) >= 11 is 0. The van der Waals surface area contributed by atoms with Crippen LogP contribution in [-0.2, 0) is 27.4 Å². The molecule has 2 fully saturated rings. The summed E-state index contributed by atoms with van der Waals surface area (Å²) < 4.78 is 19.0. The fourth-order valence-corrected chi connectivity index (χ4v) is 5.24. The largest absolute Gasteiger partial charge is 0.394 e. The summed E-state index contributed by atoms with van der Waals surface area (Å²) in [5.74, 6) is 0.357. The molecule has 2 saturated heterocycles. The molecule has 6 atom stereocenters. The lowest BCUT2D eigenvalue weighted by molar-refractivity contribution is -0.0461. The number of aliphatic hydroxyl groups excluding tert-OH is 4. The Morgan fingerprint density at radius 3 is 1.87 bits per heavy atom. The van der Waals surface area contributed by atoms with Gasteiger partial charge >= 0.3 is 11.4 Å². The minimum atomic E-state index is -0.874. The van der Waals surface area contributed by atoms with Gasteiger partial charge in [0.05, 0.1) is 44.2 Å². The molecule has 2 aliphatic heterocycles. The van der Waals surface area contributed by atoms with Gasteiger partial charge in [-0.2, -0.15) is 0 Å². The van der Waals surface area contributed by atoms with E-state index >= 15 is 0 Å². The van der Waals surface area contributed by atoms with Gasteiger partial charge in [-0.25, -0.2) is 9.59 Å². The average molecular weight is 633 g/mol. The lowest BCUT2D eigenvalue weighted by atomic mass is 9.98. The number of ether oxygens (including phenoxy) is 3. The Morgan fingerprint density at radius 2 is 1.33 bits per heavy atom. The minimum absolute atomic E-state index is 0.0285. The number of hydrogen-bond donors (Lipinski definition) is 6. The van der Waals surface area contributed by atoms with E-state index in [0.717, 1.165) is 5.56 Å². The molecule has 0 saturated carbocycles. The molecular formula is C30H40N4O11. The van der Waals surface area contributed by atoms with Crippen molar-refractivity contribution in [1.82, 2.24) is 19.1 Å². The van der Waals surface area contributed by atoms with Gasteiger partial charge < -0.3 is 34.6 Å². The predicted molar refractivity (Wildman–Crippen MR) is 160 cm³/mol. The maximum Gasteiger partial charge on any atom is 0.330 e. The average Bonchev–Trinajstić information content (AvgIpc) is 3.57. The van der Waals surface area contributed by atoms with E-state index in [9.17, 15) is 34.5 Å². The van der Waals surface area contributed by atoms with Crippen molar-refractivity contribution in [3.63, 3.8) is 0 Å². The molecule has 246 valence electrons. The van der Waals surface area contributed by atoms with Crippen LogP contribution in [0.3, 0.4) is 0 Å². The third-order valence-electron chi connectivity index (χ3n) is 7.77. The van der Waals surface area contributed by atoms with Gasteiger partial charge in [0.1, 0.15) is 24.7 Å². The number of hydrogen-bond acceptors (Lipinski definition) is 11. The summed E-state index contributed by atoms with van der Waals surface area (Å²) in [6.07, 6.45) is -1.41. The van der Waals surface area contributed by atoms with Gasteiger partial charge in [0.2, 0.25) is 0 Å². The highest BCUT2D eigenvalue weighted by atomic mass is 16.5. The van der Waals surface area contributed by atoms with Crippen LogP contribution in [-0.4, -0.2) is 77.2 Å². The van der Waals surface area contributed by atoms with Crippen LogP contribution >= 0.6 is 0 Å². The van der Waals surface area contributed by atoms with Crippen molar-refractivity contribution in [2.24, 2.45) is 0 Å². The summed E-state index contributed by atoms with van der Waals surface area (Å²) in [5, 5.41) is 37.6. The first-order valence-electron chi connectivity index (χ1n) is 14.6. The Kier molecular flexibility index (Phi) is 11.4. The topological polar surface area (TPSA) is 218 Å². The Bertz CT molecular complexity index is 1680. The maximum atomic E-state index is 12.1. The summed E-state index contributed by atoms with van der Waals surface area (Å²) in [6.45, 7) is 5.50. The molecule has 15 heteroatoms. The lowest BCUT2D eigenvalue weighted by Gasteiger charge is -2.16. The Labute approximate surface area is 257 Å². The van der Waals surface area contributed by atoms with E-state index in [1.54, 1.807) is 6.92 Å². The van der Waals surface area contributed by atoms with Crippen molar-refractivity contribution in [3.05, 3.63) is 101 Å². The number of aromatic amines is 2. The number of aromatic nitrogens is 4. The number of nitrogens with one attached hydrogen (secondary N) is 2. The first-order valence-corrected chi connectivity index (χ1v) is 14.6. The third-order valence-corrected chi connectivity index (χ3v) is 7.77. The zero-order chi connectivity index (χ0) is 32.8. The van der Waals surface area contributed by atoms with Crippen LogP contribution < -0.4 is 22.5 Å². The normalized spacial score (nSPS) is 24.5. The molecule has 0 aliphatic carbocycles. The van der Waals surface area contributed by atoms with Crippen molar-refractivity contribution < 1.29 is 34.6 Å². The van der Waals surface area contributed by atoms with Crippen molar-refractivity contribution in [3.8, 4) is 0 Å². The molecule has 5 rings (SSSR count). The molecule has 0 bridgehead atoms. The lowest BCUT2D eigenvalue weighted by Crippen LogP contribution is -2.34. The Hall–Kier alpha value is -3.70. The monoisotopic (exact) mass is 632 g/mol. The standard InChI is InChI=1S/C20H26N2O6.C10H14N2O5/c1-12(2)15-6-4-3-5-13(15)10-27-11-14-8-22(20(26)21-19(14)25)18-7-16(24)17(9-23)28-18;1-5-3-12(10(16)11-9(5)15)8-2-6(14)7(4-13)17-8/h3-6,8,12,16-18,23-24H,7,9-11H2,1-2H3,(H,21,25,26);3,6-8,13-14H,2,4H2,1H3,(H,11,15,16)/t16-,17-,18-;6-,7-,8-/m11/s1. The second kappa shape index (κ2) is 15.1. The van der Waals surface area contributed by atoms with E-state index in [2.05, 4.69) is 29.9 Å². The molecule has 0 spiro atoms. The van der Waals surface area contributed by atoms with Crippen molar-refractivity contribution in [2.75, 3.05) is 13.2 Å². The zero-order valence-corrected chi connectivity index (χ0v) is 25.3. The van der Waals surface area contributed by atoms with Crippen LogP contribution in [0.2, 0.25) is 0 Å². The molecule has 15 nitrogen and oxygen atoms in total. The second-order valence-corrected chi connectivity index (χ2v) is 11.4. The van der Waals surface area contributed by atoms with Crippen molar-refractivity contribution in [2.45, 2.75) is 89.6 Å². The predicted octanol–water partition coefficient (Wildman–Crippen LogP) is -0.497. The van der Waals surface area contributed by atoms with Gasteiger partial charge in [-0.3, -0.25) is 28.7 Å². The summed E-state index contributed by atoms with van der Waals surface area (Å²) in [7, 11) is 0. The fraction of sp³-hybridized carbons (Fsp3) is 0.533.